The summed E-state index contributed by atoms with van der Waals surface area (Å²) in [4.78, 5) is 13.0. The zero-order valence-electron chi connectivity index (χ0n) is 7.25. The van der Waals surface area contributed by atoms with Crippen molar-refractivity contribution < 1.29 is 9.18 Å². The number of carbonyl (C=O) groups is 1. The van der Waals surface area contributed by atoms with E-state index >= 15 is 0 Å². The van der Waals surface area contributed by atoms with Gasteiger partial charge in [0.2, 0.25) is 0 Å². The molecular weight excluding hydrogens is 173 g/mol. The lowest BCUT2D eigenvalue weighted by Crippen LogP contribution is -2.51. The maximum atomic E-state index is 12.5. The number of alkyl halides is 1. The lowest BCUT2D eigenvalue weighted by Gasteiger charge is -2.33. The number of nitrogens with zero attached hydrogens (tertiary/aromatic N) is 2. The molecule has 1 aromatic heterocycles. The Morgan fingerprint density at radius 2 is 2.46 bits per heavy atom. The highest BCUT2D eigenvalue weighted by Crippen LogP contribution is 2.15. The minimum atomic E-state index is -0.854. The zero-order valence-corrected chi connectivity index (χ0v) is 7.25. The summed E-state index contributed by atoms with van der Waals surface area (Å²) in [6.07, 6.45) is 0.729. The maximum Gasteiger partial charge on any atom is 0.272 e. The highest BCUT2D eigenvalue weighted by Gasteiger charge is 2.32. The third-order valence-corrected chi connectivity index (χ3v) is 2.17. The molecule has 13 heavy (non-hydrogen) atoms. The van der Waals surface area contributed by atoms with Crippen molar-refractivity contribution >= 4 is 5.91 Å². The number of hydrogen-bond donors (Lipinski definition) is 1. The number of aryl methyl sites for hydroxylation is 1. The van der Waals surface area contributed by atoms with Gasteiger partial charge in [0.1, 0.15) is 11.9 Å². The van der Waals surface area contributed by atoms with Gasteiger partial charge in [-0.2, -0.15) is 5.10 Å². The Morgan fingerprint density at radius 3 is 2.92 bits per heavy atom. The number of aromatic nitrogens is 2. The van der Waals surface area contributed by atoms with Gasteiger partial charge in [0, 0.05) is 0 Å². The number of hydrogen-bond acceptors (Lipinski definition) is 2. The quantitative estimate of drug-likeness (QED) is 0.689. The number of carbonyl (C=O) groups excluding carboxylic acids is 1. The molecular formula is C8H10FN3O. The van der Waals surface area contributed by atoms with Crippen LogP contribution in [-0.2, 0) is 0 Å². The van der Waals surface area contributed by atoms with Crippen LogP contribution in [0.1, 0.15) is 16.1 Å². The number of rotatable bonds is 1. The first-order valence-electron chi connectivity index (χ1n) is 4.12. The Labute approximate surface area is 74.7 Å². The van der Waals surface area contributed by atoms with Crippen LogP contribution in [0.4, 0.5) is 4.39 Å². The van der Waals surface area contributed by atoms with E-state index in [2.05, 4.69) is 10.2 Å². The third-order valence-electron chi connectivity index (χ3n) is 2.17. The fourth-order valence-electron chi connectivity index (χ4n) is 1.31. The van der Waals surface area contributed by atoms with E-state index in [1.165, 1.54) is 4.90 Å². The van der Waals surface area contributed by atoms with Gasteiger partial charge in [-0.3, -0.25) is 9.89 Å². The van der Waals surface area contributed by atoms with Crippen molar-refractivity contribution in [3.05, 3.63) is 17.5 Å². The highest BCUT2D eigenvalue weighted by atomic mass is 19.1. The summed E-state index contributed by atoms with van der Waals surface area (Å²) in [5.74, 6) is -0.163. The number of nitrogens with one attached hydrogen (secondary N) is 1. The number of H-pyrrole nitrogens is 1. The molecule has 0 aliphatic carbocycles. The molecule has 4 nitrogen and oxygen atoms in total. The summed E-state index contributed by atoms with van der Waals surface area (Å²) < 4.78 is 12.5. The molecule has 1 aliphatic rings. The van der Waals surface area contributed by atoms with Gasteiger partial charge in [-0.1, -0.05) is 0 Å². The van der Waals surface area contributed by atoms with Crippen molar-refractivity contribution in [2.24, 2.45) is 0 Å². The number of amides is 1. The van der Waals surface area contributed by atoms with Gasteiger partial charge < -0.3 is 4.90 Å². The van der Waals surface area contributed by atoms with Crippen LogP contribution < -0.4 is 0 Å². The number of aromatic amines is 1. The molecule has 70 valence electrons. The van der Waals surface area contributed by atoms with Crippen LogP contribution >= 0.6 is 0 Å². The Bertz CT molecular complexity index is 330. The summed E-state index contributed by atoms with van der Waals surface area (Å²) >= 11 is 0. The Kier molecular flexibility index (Phi) is 1.79. The summed E-state index contributed by atoms with van der Waals surface area (Å²) in [5, 5.41) is 6.34. The van der Waals surface area contributed by atoms with E-state index in [0.717, 1.165) is 5.56 Å². The Morgan fingerprint density at radius 1 is 1.77 bits per heavy atom. The normalized spacial score (nSPS) is 17.2. The van der Waals surface area contributed by atoms with Crippen LogP contribution in [-0.4, -0.2) is 40.3 Å². The van der Waals surface area contributed by atoms with E-state index in [1.807, 2.05) is 0 Å². The first-order valence-corrected chi connectivity index (χ1v) is 4.12. The Hall–Kier alpha value is -1.39. The van der Waals surface area contributed by atoms with E-state index in [-0.39, 0.29) is 19.0 Å². The van der Waals surface area contributed by atoms with E-state index < -0.39 is 6.17 Å². The summed E-state index contributed by atoms with van der Waals surface area (Å²) in [7, 11) is 0. The van der Waals surface area contributed by atoms with Gasteiger partial charge in [0.15, 0.2) is 0 Å². The molecule has 0 atom stereocenters. The van der Waals surface area contributed by atoms with Crippen molar-refractivity contribution in [3.63, 3.8) is 0 Å². The van der Waals surface area contributed by atoms with Crippen LogP contribution in [0.5, 0.6) is 0 Å². The molecule has 0 aromatic carbocycles. The van der Waals surface area contributed by atoms with Crippen molar-refractivity contribution in [3.8, 4) is 0 Å². The van der Waals surface area contributed by atoms with E-state index in [0.29, 0.717) is 5.69 Å². The molecule has 0 bridgehead atoms. The molecule has 1 saturated heterocycles. The molecule has 0 radical (unpaired) electrons. The average Bonchev–Trinajstić information content (AvgIpc) is 2.44. The maximum absolute atomic E-state index is 12.5. The van der Waals surface area contributed by atoms with Gasteiger partial charge in [0.25, 0.3) is 5.91 Å². The molecule has 1 N–H and O–H groups in total. The molecule has 1 amide bonds. The van der Waals surface area contributed by atoms with Gasteiger partial charge >= 0.3 is 0 Å². The largest absolute Gasteiger partial charge is 0.331 e. The molecule has 0 unspecified atom stereocenters. The van der Waals surface area contributed by atoms with E-state index in [4.69, 9.17) is 0 Å². The number of halogens is 1. The second-order valence-electron chi connectivity index (χ2n) is 3.24. The smallest absolute Gasteiger partial charge is 0.272 e. The summed E-state index contributed by atoms with van der Waals surface area (Å²) in [6.45, 7) is 2.21. The molecule has 5 heteroatoms. The lowest BCUT2D eigenvalue weighted by atomic mass is 10.1. The van der Waals surface area contributed by atoms with Crippen molar-refractivity contribution in [2.45, 2.75) is 13.1 Å². The molecule has 1 fully saturated rings. The van der Waals surface area contributed by atoms with Gasteiger partial charge in [0.05, 0.1) is 19.3 Å². The molecule has 0 saturated carbocycles. The molecule has 0 spiro atoms. The van der Waals surface area contributed by atoms with E-state index in [1.54, 1.807) is 13.1 Å². The minimum absolute atomic E-state index is 0.163. The van der Waals surface area contributed by atoms with Crippen LogP contribution in [0, 0.1) is 6.92 Å². The summed E-state index contributed by atoms with van der Waals surface area (Å²) in [5.41, 5.74) is 1.26. The lowest BCUT2D eigenvalue weighted by molar-refractivity contribution is 0.0394. The van der Waals surface area contributed by atoms with Gasteiger partial charge in [-0.05, 0) is 12.5 Å². The van der Waals surface area contributed by atoms with E-state index in [9.17, 15) is 9.18 Å². The molecule has 1 aromatic rings. The van der Waals surface area contributed by atoms with Crippen molar-refractivity contribution in [2.75, 3.05) is 13.1 Å². The predicted octanol–water partition coefficient (Wildman–Crippen LogP) is 0.512. The first kappa shape index (κ1) is 8.22. The zero-order chi connectivity index (χ0) is 9.42. The predicted molar refractivity (Wildman–Crippen MR) is 44.1 cm³/mol. The van der Waals surface area contributed by atoms with Crippen LogP contribution in [0.2, 0.25) is 0 Å². The molecule has 2 rings (SSSR count). The van der Waals surface area contributed by atoms with Crippen LogP contribution in [0.3, 0.4) is 0 Å². The van der Waals surface area contributed by atoms with Crippen molar-refractivity contribution in [1.29, 1.82) is 0 Å². The second kappa shape index (κ2) is 2.83. The third kappa shape index (κ3) is 1.30. The second-order valence-corrected chi connectivity index (χ2v) is 3.24. The standard InChI is InChI=1S/C8H10FN3O/c1-5-2-10-11-7(5)8(13)12-3-6(9)4-12/h2,6H,3-4H2,1H3,(H,10,11). The Balaban J connectivity index is 2.10. The first-order chi connectivity index (χ1) is 6.18. The van der Waals surface area contributed by atoms with Crippen LogP contribution in [0.15, 0.2) is 6.20 Å². The fraction of sp³-hybridized carbons (Fsp3) is 0.500. The monoisotopic (exact) mass is 183 g/mol. The highest BCUT2D eigenvalue weighted by molar-refractivity contribution is 5.94. The van der Waals surface area contributed by atoms with Gasteiger partial charge in [-0.25, -0.2) is 4.39 Å². The number of likely N-dealkylation sites (tertiary alicyclic amines) is 1. The summed E-state index contributed by atoms with van der Waals surface area (Å²) in [6, 6.07) is 0. The minimum Gasteiger partial charge on any atom is -0.331 e. The topological polar surface area (TPSA) is 49.0 Å². The average molecular weight is 183 g/mol. The van der Waals surface area contributed by atoms with Crippen LogP contribution in [0.25, 0.3) is 0 Å². The van der Waals surface area contributed by atoms with Gasteiger partial charge in [-0.15, -0.1) is 0 Å². The fourth-order valence-corrected chi connectivity index (χ4v) is 1.31. The molecule has 1 aliphatic heterocycles. The SMILES string of the molecule is Cc1cn[nH]c1C(=O)N1CC(F)C1. The van der Waals surface area contributed by atoms with Crippen molar-refractivity contribution in [1.82, 2.24) is 15.1 Å². The molecule has 2 heterocycles.